The van der Waals surface area contributed by atoms with Crippen LogP contribution in [-0.4, -0.2) is 42.4 Å². The monoisotopic (exact) mass is 344 g/mol. The molecule has 7 heteroatoms. The number of benzene rings is 1. The van der Waals surface area contributed by atoms with E-state index in [4.69, 9.17) is 9.47 Å². The molecule has 0 fully saturated rings. The smallest absolute Gasteiger partial charge is 0.357 e. The zero-order chi connectivity index (χ0) is 16.8. The van der Waals surface area contributed by atoms with E-state index in [1.165, 1.54) is 12.1 Å². The molecule has 0 aliphatic carbocycles. The minimum atomic E-state index is -0.566. The Morgan fingerprint density at radius 2 is 1.62 bits per heavy atom. The fourth-order valence-electron chi connectivity index (χ4n) is 2.16. The van der Waals surface area contributed by atoms with E-state index in [9.17, 15) is 9.59 Å². The Balaban J connectivity index is 1.79. The van der Waals surface area contributed by atoms with Crippen molar-refractivity contribution < 1.29 is 19.1 Å². The van der Waals surface area contributed by atoms with Crippen LogP contribution in [0.15, 0.2) is 47.4 Å². The maximum Gasteiger partial charge on any atom is 0.357 e. The van der Waals surface area contributed by atoms with Crippen LogP contribution >= 0.6 is 11.8 Å². The predicted molar refractivity (Wildman–Crippen MR) is 90.5 cm³/mol. The van der Waals surface area contributed by atoms with Gasteiger partial charge in [-0.3, -0.25) is 0 Å². The van der Waals surface area contributed by atoms with Crippen LogP contribution in [0.5, 0.6) is 0 Å². The van der Waals surface area contributed by atoms with Crippen LogP contribution in [0.3, 0.4) is 0 Å². The lowest BCUT2D eigenvalue weighted by atomic mass is 10.3. The third-order valence-electron chi connectivity index (χ3n) is 3.28. The summed E-state index contributed by atoms with van der Waals surface area (Å²) in [7, 11) is 0. The van der Waals surface area contributed by atoms with Gasteiger partial charge in [-0.05, 0) is 24.3 Å². The highest BCUT2D eigenvalue weighted by atomic mass is 32.2. The van der Waals surface area contributed by atoms with E-state index >= 15 is 0 Å². The molecule has 6 nitrogen and oxygen atoms in total. The first-order valence-corrected chi connectivity index (χ1v) is 8.49. The molecule has 0 amide bonds. The van der Waals surface area contributed by atoms with Gasteiger partial charge in [-0.15, -0.1) is 11.8 Å². The summed E-state index contributed by atoms with van der Waals surface area (Å²) in [6.07, 6.45) is 0. The largest absolute Gasteiger partial charge is 0.460 e. The minimum absolute atomic E-state index is 0.0918. The normalized spacial score (nSPS) is 15.8. The van der Waals surface area contributed by atoms with Crippen molar-refractivity contribution in [3.63, 3.8) is 0 Å². The molecule has 1 aromatic heterocycles. The summed E-state index contributed by atoms with van der Waals surface area (Å²) in [6, 6.07) is 12.4. The number of nitrogens with zero attached hydrogens (tertiary/aromatic N) is 1. The highest BCUT2D eigenvalue weighted by molar-refractivity contribution is 7.99. The van der Waals surface area contributed by atoms with Crippen molar-refractivity contribution in [2.45, 2.75) is 4.90 Å². The number of carbonyl (C=O) groups is 2. The lowest BCUT2D eigenvalue weighted by Crippen LogP contribution is -2.16. The van der Waals surface area contributed by atoms with Crippen LogP contribution in [0.1, 0.15) is 21.0 Å². The summed E-state index contributed by atoms with van der Waals surface area (Å²) in [5.41, 5.74) is 1.15. The van der Waals surface area contributed by atoms with Gasteiger partial charge in [0.25, 0.3) is 0 Å². The molecule has 0 saturated carbocycles. The first-order chi connectivity index (χ1) is 11.7. The van der Waals surface area contributed by atoms with Gasteiger partial charge in [0.2, 0.25) is 0 Å². The number of rotatable bonds is 0. The Morgan fingerprint density at radius 1 is 0.917 bits per heavy atom. The number of esters is 2. The number of aromatic nitrogens is 1. The van der Waals surface area contributed by atoms with Gasteiger partial charge in [0.15, 0.2) is 0 Å². The van der Waals surface area contributed by atoms with Gasteiger partial charge >= 0.3 is 11.9 Å². The molecule has 1 N–H and O–H groups in total. The van der Waals surface area contributed by atoms with Crippen molar-refractivity contribution in [1.82, 2.24) is 4.98 Å². The molecule has 3 rings (SSSR count). The molecule has 0 radical (unpaired) electrons. The van der Waals surface area contributed by atoms with Crippen LogP contribution in [0.4, 0.5) is 5.69 Å². The average molecular weight is 344 g/mol. The molecule has 124 valence electrons. The van der Waals surface area contributed by atoms with E-state index in [1.807, 2.05) is 24.3 Å². The quantitative estimate of drug-likeness (QED) is 0.736. The zero-order valence-corrected chi connectivity index (χ0v) is 13.7. The lowest BCUT2D eigenvalue weighted by molar-refractivity contribution is 0.0509. The van der Waals surface area contributed by atoms with Crippen molar-refractivity contribution in [2.75, 3.05) is 30.8 Å². The summed E-state index contributed by atoms with van der Waals surface area (Å²) < 4.78 is 10.4. The third kappa shape index (κ3) is 4.05. The molecule has 0 saturated heterocycles. The van der Waals surface area contributed by atoms with E-state index in [1.54, 1.807) is 17.8 Å². The molecule has 2 heterocycles. The number of anilines is 1. The summed E-state index contributed by atoms with van der Waals surface area (Å²) in [6.45, 7) is 0.945. The number of carbonyl (C=O) groups excluding carboxylic acids is 2. The van der Waals surface area contributed by atoms with Gasteiger partial charge in [0, 0.05) is 22.9 Å². The Labute approximate surface area is 143 Å². The number of hydrogen-bond acceptors (Lipinski definition) is 7. The summed E-state index contributed by atoms with van der Waals surface area (Å²) >= 11 is 1.59. The molecule has 1 aliphatic heterocycles. The number of nitrogens with one attached hydrogen (secondary N) is 1. The number of pyridine rings is 1. The van der Waals surface area contributed by atoms with Crippen LogP contribution in [0, 0.1) is 0 Å². The molecule has 1 aliphatic rings. The molecular weight excluding hydrogens is 328 g/mol. The predicted octanol–water partition coefficient (Wildman–Crippen LogP) is 2.61. The number of ether oxygens (including phenoxy) is 2. The van der Waals surface area contributed by atoms with Crippen molar-refractivity contribution in [1.29, 1.82) is 0 Å². The van der Waals surface area contributed by atoms with Crippen molar-refractivity contribution in [3.05, 3.63) is 53.9 Å². The third-order valence-corrected chi connectivity index (χ3v) is 4.32. The van der Waals surface area contributed by atoms with E-state index in [-0.39, 0.29) is 24.6 Å². The number of cyclic esters (lactones) is 2. The highest BCUT2D eigenvalue weighted by Crippen LogP contribution is 2.26. The topological polar surface area (TPSA) is 77.5 Å². The van der Waals surface area contributed by atoms with Crippen LogP contribution in [-0.2, 0) is 9.47 Å². The standard InChI is InChI=1S/C17H16N2O4S/c20-16-13-5-3-6-14(19-13)17(21)23-10-11-24-15-7-2-1-4-12(15)18-8-9-22-16/h1-7,18H,8-11H2. The van der Waals surface area contributed by atoms with E-state index < -0.39 is 11.9 Å². The summed E-state index contributed by atoms with van der Waals surface area (Å²) in [4.78, 5) is 29.1. The maximum absolute atomic E-state index is 12.0. The number of thioether (sulfide) groups is 1. The molecule has 1 aromatic carbocycles. The average Bonchev–Trinajstić information content (AvgIpc) is 2.62. The Hall–Kier alpha value is -2.54. The van der Waals surface area contributed by atoms with Gasteiger partial charge < -0.3 is 14.8 Å². The summed E-state index contributed by atoms with van der Waals surface area (Å²) in [5, 5.41) is 3.24. The minimum Gasteiger partial charge on any atom is -0.460 e. The van der Waals surface area contributed by atoms with Crippen LogP contribution < -0.4 is 5.32 Å². The molecule has 2 aromatic rings. The number of para-hydroxylation sites is 1. The van der Waals surface area contributed by atoms with Gasteiger partial charge in [-0.25, -0.2) is 14.6 Å². The first kappa shape index (κ1) is 16.3. The fourth-order valence-corrected chi connectivity index (χ4v) is 3.02. The lowest BCUT2D eigenvalue weighted by Gasteiger charge is -2.11. The second-order valence-electron chi connectivity index (χ2n) is 4.95. The Bertz CT molecular complexity index is 693. The molecular formula is C17H16N2O4S. The van der Waals surface area contributed by atoms with E-state index in [2.05, 4.69) is 10.3 Å². The van der Waals surface area contributed by atoms with Crippen molar-refractivity contribution in [2.24, 2.45) is 0 Å². The fraction of sp³-hybridized carbons (Fsp3) is 0.235. The molecule has 0 unspecified atom stereocenters. The van der Waals surface area contributed by atoms with Gasteiger partial charge in [-0.2, -0.15) is 0 Å². The summed E-state index contributed by atoms with van der Waals surface area (Å²) in [5.74, 6) is -0.491. The van der Waals surface area contributed by atoms with E-state index in [0.29, 0.717) is 12.3 Å². The van der Waals surface area contributed by atoms with Crippen LogP contribution in [0.25, 0.3) is 0 Å². The SMILES string of the molecule is O=C1OCCNc2ccccc2SCCOC(=O)c2cccc1n2. The second-order valence-corrected chi connectivity index (χ2v) is 6.09. The van der Waals surface area contributed by atoms with Crippen molar-refractivity contribution in [3.8, 4) is 0 Å². The van der Waals surface area contributed by atoms with Gasteiger partial charge in [-0.1, -0.05) is 18.2 Å². The maximum atomic E-state index is 12.0. The Kier molecular flexibility index (Phi) is 5.32. The molecule has 24 heavy (non-hydrogen) atoms. The van der Waals surface area contributed by atoms with Crippen molar-refractivity contribution >= 4 is 29.4 Å². The number of hydrogen-bond donors (Lipinski definition) is 1. The second kappa shape index (κ2) is 7.83. The molecule has 0 spiro atoms. The molecule has 0 atom stereocenters. The van der Waals surface area contributed by atoms with E-state index in [0.717, 1.165) is 10.6 Å². The van der Waals surface area contributed by atoms with Crippen LogP contribution in [0.2, 0.25) is 0 Å². The van der Waals surface area contributed by atoms with Gasteiger partial charge in [0.05, 0.1) is 0 Å². The number of fused-ring (bicyclic) bond motifs is 3. The Morgan fingerprint density at radius 3 is 2.42 bits per heavy atom. The van der Waals surface area contributed by atoms with Gasteiger partial charge in [0.1, 0.15) is 24.6 Å². The highest BCUT2D eigenvalue weighted by Gasteiger charge is 2.15. The zero-order valence-electron chi connectivity index (χ0n) is 12.9. The first-order valence-electron chi connectivity index (χ1n) is 7.51. The molecule has 2 bridgehead atoms.